The molecule has 0 aliphatic carbocycles. The molecule has 3 aromatic heterocycles. The van der Waals surface area contributed by atoms with Gasteiger partial charge in [0, 0.05) is 22.6 Å². The van der Waals surface area contributed by atoms with Crippen molar-refractivity contribution in [1.29, 1.82) is 0 Å². The second kappa shape index (κ2) is 9.07. The Morgan fingerprint density at radius 3 is 2.48 bits per heavy atom. The number of carbonyl (C=O) groups excluding carboxylic acids is 3. The van der Waals surface area contributed by atoms with E-state index in [4.69, 9.17) is 13.9 Å². The van der Waals surface area contributed by atoms with Crippen LogP contribution in [0.2, 0.25) is 0 Å². The number of Topliss-reactive ketones (excluding diaryl/α,β-unsaturated/α-hetero) is 1. The smallest absolute Gasteiger partial charge is 0.355 e. The quantitative estimate of drug-likeness (QED) is 0.433. The molecule has 0 aliphatic rings. The van der Waals surface area contributed by atoms with Gasteiger partial charge in [-0.1, -0.05) is 0 Å². The van der Waals surface area contributed by atoms with E-state index in [9.17, 15) is 14.4 Å². The van der Waals surface area contributed by atoms with Crippen molar-refractivity contribution in [2.24, 2.45) is 0 Å². The number of esters is 2. The number of carbonyl (C=O) groups is 3. The molecule has 0 amide bonds. The number of nitrogens with zero attached hydrogens (tertiary/aromatic N) is 1. The van der Waals surface area contributed by atoms with Gasteiger partial charge in [0.1, 0.15) is 11.5 Å². The minimum atomic E-state index is -0.667. The van der Waals surface area contributed by atoms with Gasteiger partial charge in [0.2, 0.25) is 5.78 Å². The number of ketones is 1. The van der Waals surface area contributed by atoms with E-state index in [-0.39, 0.29) is 23.6 Å². The maximum atomic E-state index is 12.7. The number of aromatic nitrogens is 2. The highest BCUT2D eigenvalue weighted by Gasteiger charge is 2.25. The number of rotatable bonds is 8. The summed E-state index contributed by atoms with van der Waals surface area (Å²) in [5.74, 6) is -0.728. The van der Waals surface area contributed by atoms with Crippen LogP contribution < -0.4 is 0 Å². The largest absolute Gasteiger partial charge is 0.467 e. The lowest BCUT2D eigenvalue weighted by Crippen LogP contribution is -2.16. The van der Waals surface area contributed by atoms with Crippen molar-refractivity contribution in [3.05, 3.63) is 69.7 Å². The molecule has 0 atom stereocenters. The summed E-state index contributed by atoms with van der Waals surface area (Å²) in [6.45, 7) is 9.09. The summed E-state index contributed by atoms with van der Waals surface area (Å²) < 4.78 is 17.6. The van der Waals surface area contributed by atoms with E-state index in [1.165, 1.54) is 0 Å². The van der Waals surface area contributed by atoms with Crippen LogP contribution >= 0.6 is 0 Å². The van der Waals surface area contributed by atoms with Gasteiger partial charge >= 0.3 is 11.9 Å². The lowest BCUT2D eigenvalue weighted by atomic mass is 10.1. The highest BCUT2D eigenvalue weighted by molar-refractivity contribution is 6.02. The predicted molar refractivity (Wildman–Crippen MR) is 113 cm³/mol. The first kappa shape index (κ1) is 22.1. The van der Waals surface area contributed by atoms with Crippen molar-refractivity contribution in [2.75, 3.05) is 13.2 Å². The van der Waals surface area contributed by atoms with Crippen LogP contribution in [-0.4, -0.2) is 40.5 Å². The summed E-state index contributed by atoms with van der Waals surface area (Å²) in [5.41, 5.74) is 3.53. The van der Waals surface area contributed by atoms with Gasteiger partial charge in [-0.15, -0.1) is 0 Å². The van der Waals surface area contributed by atoms with E-state index in [1.807, 2.05) is 30.5 Å². The lowest BCUT2D eigenvalue weighted by Gasteiger charge is -2.08. The molecule has 0 aliphatic heterocycles. The van der Waals surface area contributed by atoms with Gasteiger partial charge < -0.3 is 23.4 Å². The van der Waals surface area contributed by atoms with E-state index in [1.54, 1.807) is 33.1 Å². The van der Waals surface area contributed by atoms with E-state index in [0.717, 1.165) is 17.1 Å². The Morgan fingerprint density at radius 1 is 1.10 bits per heavy atom. The Balaban J connectivity index is 1.72. The van der Waals surface area contributed by atoms with Gasteiger partial charge in [-0.25, -0.2) is 9.59 Å². The number of aromatic amines is 1. The minimum absolute atomic E-state index is 0.207. The molecule has 3 rings (SSSR count). The van der Waals surface area contributed by atoms with Crippen molar-refractivity contribution >= 4 is 17.7 Å². The number of hydrogen-bond donors (Lipinski definition) is 1. The Bertz CT molecular complexity index is 1120. The Kier molecular flexibility index (Phi) is 6.48. The standard InChI is InChI=1S/C23H26N2O6/c1-6-29-23(28)21-14(3)20(15(4)24-21)22(27)31-12-19(26)18-10-13(2)25(16(18)5)11-17-8-7-9-30-17/h7-10,24H,6,11-12H2,1-5H3. The molecule has 8 heteroatoms. The topological polar surface area (TPSA) is 104 Å². The van der Waals surface area contributed by atoms with Gasteiger partial charge in [-0.3, -0.25) is 4.79 Å². The van der Waals surface area contributed by atoms with Crippen LogP contribution in [0.4, 0.5) is 0 Å². The summed E-state index contributed by atoms with van der Waals surface area (Å²) in [6, 6.07) is 5.46. The van der Waals surface area contributed by atoms with E-state index in [2.05, 4.69) is 4.98 Å². The second-order valence-electron chi connectivity index (χ2n) is 7.30. The Morgan fingerprint density at radius 2 is 1.84 bits per heavy atom. The number of aryl methyl sites for hydroxylation is 2. The van der Waals surface area contributed by atoms with Gasteiger partial charge in [-0.2, -0.15) is 0 Å². The monoisotopic (exact) mass is 426 g/mol. The van der Waals surface area contributed by atoms with Gasteiger partial charge in [-0.05, 0) is 58.4 Å². The fourth-order valence-corrected chi connectivity index (χ4v) is 3.63. The Hall–Kier alpha value is -3.55. The fraction of sp³-hybridized carbons (Fsp3) is 0.348. The molecule has 3 heterocycles. The lowest BCUT2D eigenvalue weighted by molar-refractivity contribution is 0.0473. The number of hydrogen-bond acceptors (Lipinski definition) is 6. The summed E-state index contributed by atoms with van der Waals surface area (Å²) in [6.07, 6.45) is 1.60. The zero-order valence-electron chi connectivity index (χ0n) is 18.3. The first-order chi connectivity index (χ1) is 14.7. The highest BCUT2D eigenvalue weighted by atomic mass is 16.5. The summed E-state index contributed by atoms with van der Waals surface area (Å²) in [7, 11) is 0. The van der Waals surface area contributed by atoms with Crippen LogP contribution in [0.15, 0.2) is 28.9 Å². The Labute approximate surface area is 180 Å². The average molecular weight is 426 g/mol. The van der Waals surface area contributed by atoms with E-state index in [0.29, 0.717) is 23.4 Å². The third-order valence-electron chi connectivity index (χ3n) is 5.22. The molecule has 0 unspecified atom stereocenters. The van der Waals surface area contributed by atoms with Crippen molar-refractivity contribution in [3.63, 3.8) is 0 Å². The summed E-state index contributed by atoms with van der Waals surface area (Å²) in [5, 5.41) is 0. The first-order valence-electron chi connectivity index (χ1n) is 10.00. The zero-order valence-corrected chi connectivity index (χ0v) is 18.3. The molecule has 31 heavy (non-hydrogen) atoms. The van der Waals surface area contributed by atoms with Crippen LogP contribution in [0.5, 0.6) is 0 Å². The second-order valence-corrected chi connectivity index (χ2v) is 7.30. The molecule has 3 aromatic rings. The van der Waals surface area contributed by atoms with Crippen molar-refractivity contribution in [1.82, 2.24) is 9.55 Å². The van der Waals surface area contributed by atoms with Crippen LogP contribution in [0, 0.1) is 27.7 Å². The van der Waals surface area contributed by atoms with Crippen LogP contribution in [0.25, 0.3) is 0 Å². The highest BCUT2D eigenvalue weighted by Crippen LogP contribution is 2.21. The van der Waals surface area contributed by atoms with E-state index >= 15 is 0 Å². The molecule has 0 saturated heterocycles. The number of furan rings is 1. The van der Waals surface area contributed by atoms with Crippen molar-refractivity contribution in [2.45, 2.75) is 41.2 Å². The maximum Gasteiger partial charge on any atom is 0.355 e. The molecular formula is C23H26N2O6. The van der Waals surface area contributed by atoms with Gasteiger partial charge in [0.05, 0.1) is 25.0 Å². The third kappa shape index (κ3) is 4.47. The molecule has 0 saturated carbocycles. The minimum Gasteiger partial charge on any atom is -0.467 e. The molecule has 0 aromatic carbocycles. The molecule has 0 radical (unpaired) electrons. The number of nitrogens with one attached hydrogen (secondary N) is 1. The molecule has 0 fully saturated rings. The third-order valence-corrected chi connectivity index (χ3v) is 5.22. The first-order valence-corrected chi connectivity index (χ1v) is 10.00. The molecule has 1 N–H and O–H groups in total. The maximum absolute atomic E-state index is 12.7. The van der Waals surface area contributed by atoms with E-state index < -0.39 is 18.5 Å². The van der Waals surface area contributed by atoms with Crippen molar-refractivity contribution in [3.8, 4) is 0 Å². The number of H-pyrrole nitrogens is 1. The number of ether oxygens (including phenoxy) is 2. The normalized spacial score (nSPS) is 10.9. The van der Waals surface area contributed by atoms with Crippen LogP contribution in [0.3, 0.4) is 0 Å². The van der Waals surface area contributed by atoms with Gasteiger partial charge in [0.15, 0.2) is 6.61 Å². The molecule has 0 bridgehead atoms. The average Bonchev–Trinajstić information content (AvgIpc) is 3.41. The summed E-state index contributed by atoms with van der Waals surface area (Å²) in [4.78, 5) is 40.2. The molecule has 0 spiro atoms. The SMILES string of the molecule is CCOC(=O)c1[nH]c(C)c(C(=O)OCC(=O)c2cc(C)n(Cc3ccco3)c2C)c1C. The fourth-order valence-electron chi connectivity index (χ4n) is 3.63. The zero-order chi connectivity index (χ0) is 22.7. The molecule has 8 nitrogen and oxygen atoms in total. The molecular weight excluding hydrogens is 400 g/mol. The summed E-state index contributed by atoms with van der Waals surface area (Å²) >= 11 is 0. The predicted octanol–water partition coefficient (Wildman–Crippen LogP) is 3.91. The van der Waals surface area contributed by atoms with Crippen molar-refractivity contribution < 1.29 is 28.3 Å². The van der Waals surface area contributed by atoms with Gasteiger partial charge in [0.25, 0.3) is 0 Å². The van der Waals surface area contributed by atoms with Crippen LogP contribution in [-0.2, 0) is 16.0 Å². The molecule has 164 valence electrons. The van der Waals surface area contributed by atoms with Crippen LogP contribution in [0.1, 0.15) is 66.5 Å².